The average Bonchev–Trinajstić information content (AvgIpc) is 2.51. The number of hydrogen-bond acceptors (Lipinski definition) is 3. The van der Waals surface area contributed by atoms with Crippen molar-refractivity contribution in [1.82, 2.24) is 4.90 Å². The van der Waals surface area contributed by atoms with Gasteiger partial charge in [-0.15, -0.1) is 0 Å². The number of halogens is 1. The average molecular weight is 269 g/mol. The number of piperidine rings is 1. The molecule has 2 heterocycles. The van der Waals surface area contributed by atoms with E-state index in [4.69, 9.17) is 9.31 Å². The van der Waals surface area contributed by atoms with Gasteiger partial charge in [-0.2, -0.15) is 0 Å². The van der Waals surface area contributed by atoms with E-state index in [-0.39, 0.29) is 5.73 Å². The van der Waals surface area contributed by atoms with Gasteiger partial charge in [-0.1, -0.05) is 6.08 Å². The normalized spacial score (nSPS) is 28.9. The van der Waals surface area contributed by atoms with Crippen LogP contribution in [0.1, 0.15) is 40.5 Å². The van der Waals surface area contributed by atoms with E-state index in [2.05, 4.69) is 11.9 Å². The molecular formula is C14H25BFNO2. The van der Waals surface area contributed by atoms with Gasteiger partial charge >= 0.3 is 7.12 Å². The minimum absolute atomic E-state index is 0.270. The molecule has 0 aromatic carbocycles. The molecule has 2 saturated heterocycles. The zero-order chi connectivity index (χ0) is 14.3. The molecule has 0 unspecified atom stereocenters. The summed E-state index contributed by atoms with van der Waals surface area (Å²) in [7, 11) is 1.26. The number of rotatable bonds is 2. The van der Waals surface area contributed by atoms with Crippen LogP contribution >= 0.6 is 0 Å². The van der Waals surface area contributed by atoms with Crippen LogP contribution in [0.5, 0.6) is 0 Å². The van der Waals surface area contributed by atoms with Gasteiger partial charge < -0.3 is 14.2 Å². The molecule has 0 radical (unpaired) electrons. The second kappa shape index (κ2) is 5.19. The molecule has 2 rings (SSSR count). The molecule has 0 bridgehead atoms. The van der Waals surface area contributed by atoms with Gasteiger partial charge in [0, 0.05) is 0 Å². The van der Waals surface area contributed by atoms with Crippen molar-refractivity contribution in [3.63, 3.8) is 0 Å². The van der Waals surface area contributed by atoms with E-state index in [0.717, 1.165) is 25.9 Å². The standard InChI is InChI=1S/C14H25BFNO2/c1-13(2)14(3,4)19-15(18-13)12(16)10-11-6-8-17(5)9-7-11/h10-11H,6-9H2,1-5H3. The first kappa shape index (κ1) is 15.0. The Morgan fingerprint density at radius 1 is 1.16 bits per heavy atom. The largest absolute Gasteiger partial charge is 0.524 e. The highest BCUT2D eigenvalue weighted by molar-refractivity contribution is 6.53. The van der Waals surface area contributed by atoms with Crippen molar-refractivity contribution >= 4 is 7.12 Å². The molecule has 0 aromatic rings. The van der Waals surface area contributed by atoms with E-state index in [1.165, 1.54) is 0 Å². The molecule has 5 heteroatoms. The molecule has 2 aliphatic rings. The number of likely N-dealkylation sites (tertiary alicyclic amines) is 1. The fraction of sp³-hybridized carbons (Fsp3) is 0.857. The quantitative estimate of drug-likeness (QED) is 0.719. The predicted molar refractivity (Wildman–Crippen MR) is 75.5 cm³/mol. The Kier molecular flexibility index (Phi) is 4.10. The Morgan fingerprint density at radius 2 is 1.63 bits per heavy atom. The maximum Gasteiger partial charge on any atom is 0.524 e. The molecule has 0 aromatic heterocycles. The monoisotopic (exact) mass is 269 g/mol. The zero-order valence-corrected chi connectivity index (χ0v) is 12.7. The summed E-state index contributed by atoms with van der Waals surface area (Å²) < 4.78 is 25.7. The lowest BCUT2D eigenvalue weighted by molar-refractivity contribution is 0.00578. The van der Waals surface area contributed by atoms with E-state index in [1.54, 1.807) is 6.08 Å². The van der Waals surface area contributed by atoms with Gasteiger partial charge in [-0.25, -0.2) is 4.39 Å². The smallest absolute Gasteiger partial charge is 0.398 e. The van der Waals surface area contributed by atoms with E-state index in [1.807, 2.05) is 27.7 Å². The van der Waals surface area contributed by atoms with Crippen LogP contribution in [0.25, 0.3) is 0 Å². The Labute approximate surface area is 116 Å². The van der Waals surface area contributed by atoms with Crippen LogP contribution in [0.4, 0.5) is 4.39 Å². The molecule has 0 atom stereocenters. The number of hydrogen-bond donors (Lipinski definition) is 0. The van der Waals surface area contributed by atoms with Crippen LogP contribution < -0.4 is 0 Å². The second-order valence-corrected chi connectivity index (χ2v) is 6.78. The molecule has 3 nitrogen and oxygen atoms in total. The van der Waals surface area contributed by atoms with Crippen molar-refractivity contribution in [2.75, 3.05) is 20.1 Å². The van der Waals surface area contributed by atoms with E-state index < -0.39 is 18.3 Å². The summed E-state index contributed by atoms with van der Waals surface area (Å²) in [6, 6.07) is 0. The summed E-state index contributed by atoms with van der Waals surface area (Å²) in [5.74, 6) is 0.301. The minimum Gasteiger partial charge on any atom is -0.398 e. The third-order valence-corrected chi connectivity index (χ3v) is 4.64. The Balaban J connectivity index is 1.99. The highest BCUT2D eigenvalue weighted by atomic mass is 19.1. The molecular weight excluding hydrogens is 244 g/mol. The molecule has 0 amide bonds. The highest BCUT2D eigenvalue weighted by Crippen LogP contribution is 2.39. The fourth-order valence-corrected chi connectivity index (χ4v) is 2.45. The van der Waals surface area contributed by atoms with Crippen molar-refractivity contribution < 1.29 is 13.7 Å². The molecule has 19 heavy (non-hydrogen) atoms. The molecule has 108 valence electrons. The zero-order valence-electron chi connectivity index (χ0n) is 12.7. The van der Waals surface area contributed by atoms with Gasteiger partial charge in [0.25, 0.3) is 0 Å². The van der Waals surface area contributed by atoms with Crippen LogP contribution in [0.3, 0.4) is 0 Å². The number of allylic oxidation sites excluding steroid dienone is 1. The molecule has 2 aliphatic heterocycles. The van der Waals surface area contributed by atoms with Crippen LogP contribution in [0.15, 0.2) is 11.8 Å². The maximum absolute atomic E-state index is 14.3. The van der Waals surface area contributed by atoms with Gasteiger partial charge in [-0.05, 0) is 66.6 Å². The van der Waals surface area contributed by atoms with Crippen molar-refractivity contribution in [3.8, 4) is 0 Å². The van der Waals surface area contributed by atoms with Crippen LogP contribution in [-0.2, 0) is 9.31 Å². The van der Waals surface area contributed by atoms with Gasteiger partial charge in [0.15, 0.2) is 0 Å². The maximum atomic E-state index is 14.3. The molecule has 0 saturated carbocycles. The summed E-state index contributed by atoms with van der Waals surface area (Å²) in [6.45, 7) is 9.81. The second-order valence-electron chi connectivity index (χ2n) is 6.78. The SMILES string of the molecule is CN1CCC(C=C(F)B2OC(C)(C)C(C)(C)O2)CC1. The van der Waals surface area contributed by atoms with Gasteiger partial charge in [0.1, 0.15) is 5.73 Å². The van der Waals surface area contributed by atoms with Crippen molar-refractivity contribution in [2.24, 2.45) is 5.92 Å². The molecule has 0 N–H and O–H groups in total. The third-order valence-electron chi connectivity index (χ3n) is 4.64. The van der Waals surface area contributed by atoms with Gasteiger partial charge in [0.05, 0.1) is 11.2 Å². The first-order valence-corrected chi connectivity index (χ1v) is 7.13. The predicted octanol–water partition coefficient (Wildman–Crippen LogP) is 2.81. The van der Waals surface area contributed by atoms with E-state index in [0.29, 0.717) is 5.92 Å². The topological polar surface area (TPSA) is 21.7 Å². The van der Waals surface area contributed by atoms with Crippen molar-refractivity contribution in [2.45, 2.75) is 51.7 Å². The molecule has 0 spiro atoms. The summed E-state index contributed by atoms with van der Waals surface area (Å²) >= 11 is 0. The fourth-order valence-electron chi connectivity index (χ4n) is 2.45. The van der Waals surface area contributed by atoms with E-state index in [9.17, 15) is 4.39 Å². The van der Waals surface area contributed by atoms with Crippen molar-refractivity contribution in [3.05, 3.63) is 11.8 Å². The van der Waals surface area contributed by atoms with Gasteiger partial charge in [-0.3, -0.25) is 0 Å². The lowest BCUT2D eigenvalue weighted by Gasteiger charge is -2.32. The Morgan fingerprint density at radius 3 is 2.11 bits per heavy atom. The summed E-state index contributed by atoms with van der Waals surface area (Å²) in [5.41, 5.74) is -1.22. The third kappa shape index (κ3) is 3.20. The van der Waals surface area contributed by atoms with Crippen LogP contribution in [-0.4, -0.2) is 43.4 Å². The Bertz CT molecular complexity index is 346. The summed E-state index contributed by atoms with van der Waals surface area (Å²) in [6.07, 6.45) is 3.71. The lowest BCUT2D eigenvalue weighted by atomic mass is 9.84. The first-order chi connectivity index (χ1) is 8.71. The Hall–Kier alpha value is -0.385. The summed E-state index contributed by atoms with van der Waals surface area (Å²) in [5, 5.41) is 0. The number of nitrogens with zero attached hydrogens (tertiary/aromatic N) is 1. The highest BCUT2D eigenvalue weighted by Gasteiger charge is 2.53. The van der Waals surface area contributed by atoms with Crippen LogP contribution in [0.2, 0.25) is 0 Å². The van der Waals surface area contributed by atoms with E-state index >= 15 is 0 Å². The van der Waals surface area contributed by atoms with Gasteiger partial charge in [0.2, 0.25) is 0 Å². The minimum atomic E-state index is -0.843. The summed E-state index contributed by atoms with van der Waals surface area (Å²) in [4.78, 5) is 2.27. The van der Waals surface area contributed by atoms with Crippen molar-refractivity contribution in [1.29, 1.82) is 0 Å². The lowest BCUT2D eigenvalue weighted by Crippen LogP contribution is -2.41. The van der Waals surface area contributed by atoms with Crippen LogP contribution in [0, 0.1) is 5.92 Å². The molecule has 2 fully saturated rings. The first-order valence-electron chi connectivity index (χ1n) is 7.13. The molecule has 0 aliphatic carbocycles.